The Morgan fingerprint density at radius 1 is 1.12 bits per heavy atom. The standard InChI is InChI=1S/C14H10ClNO/c15-13-8-11(7-12(9-16)14(13)17)6-10-4-2-1-3-5-10/h1-5,7-8,17H,6H2. The number of nitriles is 1. The number of hydrogen-bond acceptors (Lipinski definition) is 2. The average Bonchev–Trinajstić information content (AvgIpc) is 2.35. The summed E-state index contributed by atoms with van der Waals surface area (Å²) in [5, 5.41) is 18.6. The van der Waals surface area contributed by atoms with Crippen LogP contribution in [0, 0.1) is 11.3 Å². The number of halogens is 1. The van der Waals surface area contributed by atoms with Gasteiger partial charge in [0.05, 0.1) is 10.6 Å². The van der Waals surface area contributed by atoms with Crippen LogP contribution in [0.15, 0.2) is 42.5 Å². The molecule has 84 valence electrons. The molecule has 0 aliphatic heterocycles. The van der Waals surface area contributed by atoms with Gasteiger partial charge in [-0.05, 0) is 29.7 Å². The van der Waals surface area contributed by atoms with Crippen molar-refractivity contribution in [2.24, 2.45) is 0 Å². The smallest absolute Gasteiger partial charge is 0.151 e. The summed E-state index contributed by atoms with van der Waals surface area (Å²) in [5.74, 6) is -0.147. The van der Waals surface area contributed by atoms with E-state index in [0.717, 1.165) is 11.1 Å². The SMILES string of the molecule is N#Cc1cc(Cc2ccccc2)cc(Cl)c1O. The van der Waals surface area contributed by atoms with Crippen LogP contribution in [0.1, 0.15) is 16.7 Å². The Morgan fingerprint density at radius 3 is 2.47 bits per heavy atom. The summed E-state index contributed by atoms with van der Waals surface area (Å²) in [6, 6.07) is 15.2. The van der Waals surface area contributed by atoms with Crippen molar-refractivity contribution in [2.75, 3.05) is 0 Å². The van der Waals surface area contributed by atoms with Crippen molar-refractivity contribution in [3.05, 3.63) is 64.2 Å². The molecule has 0 radical (unpaired) electrons. The zero-order chi connectivity index (χ0) is 12.3. The lowest BCUT2D eigenvalue weighted by Crippen LogP contribution is -1.90. The Labute approximate surface area is 105 Å². The van der Waals surface area contributed by atoms with Gasteiger partial charge in [-0.15, -0.1) is 0 Å². The average molecular weight is 244 g/mol. The summed E-state index contributed by atoms with van der Waals surface area (Å²) >= 11 is 5.86. The van der Waals surface area contributed by atoms with E-state index in [2.05, 4.69) is 0 Å². The number of rotatable bonds is 2. The molecule has 0 saturated carbocycles. The van der Waals surface area contributed by atoms with Crippen molar-refractivity contribution >= 4 is 11.6 Å². The molecule has 0 aromatic heterocycles. The van der Waals surface area contributed by atoms with Crippen LogP contribution in [0.4, 0.5) is 0 Å². The Hall–Kier alpha value is -1.98. The van der Waals surface area contributed by atoms with Gasteiger partial charge in [0, 0.05) is 0 Å². The van der Waals surface area contributed by atoms with Gasteiger partial charge in [-0.3, -0.25) is 0 Å². The predicted molar refractivity (Wildman–Crippen MR) is 67.1 cm³/mol. The maximum atomic E-state index is 9.53. The van der Waals surface area contributed by atoms with Gasteiger partial charge in [0.2, 0.25) is 0 Å². The van der Waals surface area contributed by atoms with E-state index in [1.54, 1.807) is 12.1 Å². The molecule has 0 saturated heterocycles. The van der Waals surface area contributed by atoms with Crippen LogP contribution in [0.2, 0.25) is 5.02 Å². The Kier molecular flexibility index (Phi) is 3.32. The van der Waals surface area contributed by atoms with Crippen molar-refractivity contribution in [1.29, 1.82) is 5.26 Å². The van der Waals surface area contributed by atoms with Crippen LogP contribution in [0.25, 0.3) is 0 Å². The van der Waals surface area contributed by atoms with Crippen LogP contribution in [0.5, 0.6) is 5.75 Å². The van der Waals surface area contributed by atoms with E-state index in [4.69, 9.17) is 16.9 Å². The summed E-state index contributed by atoms with van der Waals surface area (Å²) in [6.07, 6.45) is 0.690. The Morgan fingerprint density at radius 2 is 1.82 bits per heavy atom. The first-order chi connectivity index (χ1) is 8.20. The first-order valence-electron chi connectivity index (χ1n) is 5.16. The van der Waals surface area contributed by atoms with Crippen molar-refractivity contribution in [2.45, 2.75) is 6.42 Å². The van der Waals surface area contributed by atoms with Crippen LogP contribution in [-0.2, 0) is 6.42 Å². The topological polar surface area (TPSA) is 44.0 Å². The van der Waals surface area contributed by atoms with Gasteiger partial charge < -0.3 is 5.11 Å². The monoisotopic (exact) mass is 243 g/mol. The Balaban J connectivity index is 2.35. The van der Waals surface area contributed by atoms with Gasteiger partial charge in [-0.2, -0.15) is 5.26 Å². The fourth-order valence-electron chi connectivity index (χ4n) is 1.67. The molecule has 0 atom stereocenters. The molecule has 0 spiro atoms. The van der Waals surface area contributed by atoms with Gasteiger partial charge in [0.1, 0.15) is 6.07 Å². The third-order valence-electron chi connectivity index (χ3n) is 2.49. The second kappa shape index (κ2) is 4.90. The zero-order valence-electron chi connectivity index (χ0n) is 9.02. The van der Waals surface area contributed by atoms with Crippen LogP contribution < -0.4 is 0 Å². The quantitative estimate of drug-likeness (QED) is 0.877. The third-order valence-corrected chi connectivity index (χ3v) is 2.78. The highest BCUT2D eigenvalue weighted by atomic mass is 35.5. The summed E-state index contributed by atoms with van der Waals surface area (Å²) in [6.45, 7) is 0. The van der Waals surface area contributed by atoms with Crippen molar-refractivity contribution in [3.63, 3.8) is 0 Å². The molecule has 2 nitrogen and oxygen atoms in total. The maximum Gasteiger partial charge on any atom is 0.151 e. The van der Waals surface area contributed by atoms with Gasteiger partial charge in [0.15, 0.2) is 5.75 Å². The van der Waals surface area contributed by atoms with Crippen molar-refractivity contribution < 1.29 is 5.11 Å². The number of phenolic OH excluding ortho intramolecular Hbond substituents is 1. The molecule has 0 aliphatic carbocycles. The number of nitrogens with zero attached hydrogens (tertiary/aromatic N) is 1. The highest BCUT2D eigenvalue weighted by Crippen LogP contribution is 2.29. The number of phenols is 1. The van der Waals surface area contributed by atoms with Gasteiger partial charge in [0.25, 0.3) is 0 Å². The molecule has 17 heavy (non-hydrogen) atoms. The maximum absolute atomic E-state index is 9.53. The molecular weight excluding hydrogens is 234 g/mol. The van der Waals surface area contributed by atoms with E-state index in [0.29, 0.717) is 6.42 Å². The van der Waals surface area contributed by atoms with Crippen LogP contribution in [-0.4, -0.2) is 5.11 Å². The molecule has 2 aromatic carbocycles. The number of benzene rings is 2. The summed E-state index contributed by atoms with van der Waals surface area (Å²) in [5.41, 5.74) is 2.26. The van der Waals surface area contributed by atoms with E-state index in [9.17, 15) is 5.11 Å². The van der Waals surface area contributed by atoms with E-state index < -0.39 is 0 Å². The number of aromatic hydroxyl groups is 1. The van der Waals surface area contributed by atoms with Gasteiger partial charge in [-0.25, -0.2) is 0 Å². The van der Waals surface area contributed by atoms with Crippen molar-refractivity contribution in [1.82, 2.24) is 0 Å². The normalized spacial score (nSPS) is 9.88. The molecular formula is C14H10ClNO. The molecule has 1 N–H and O–H groups in total. The van der Waals surface area contributed by atoms with Crippen LogP contribution in [0.3, 0.4) is 0 Å². The molecule has 0 fully saturated rings. The lowest BCUT2D eigenvalue weighted by molar-refractivity contribution is 0.473. The van der Waals surface area contributed by atoms with Gasteiger partial charge in [-0.1, -0.05) is 41.9 Å². The molecule has 2 aromatic rings. The van der Waals surface area contributed by atoms with Gasteiger partial charge >= 0.3 is 0 Å². The second-order valence-electron chi connectivity index (χ2n) is 3.75. The lowest BCUT2D eigenvalue weighted by atomic mass is 10.0. The predicted octanol–water partition coefficient (Wildman–Crippen LogP) is 3.51. The first-order valence-corrected chi connectivity index (χ1v) is 5.54. The first kappa shape index (κ1) is 11.5. The fraction of sp³-hybridized carbons (Fsp3) is 0.0714. The molecule has 0 amide bonds. The summed E-state index contributed by atoms with van der Waals surface area (Å²) in [7, 11) is 0. The van der Waals surface area contributed by atoms with E-state index in [1.807, 2.05) is 36.4 Å². The third kappa shape index (κ3) is 2.58. The number of hydrogen-bond donors (Lipinski definition) is 1. The highest BCUT2D eigenvalue weighted by molar-refractivity contribution is 6.32. The molecule has 0 aliphatic rings. The largest absolute Gasteiger partial charge is 0.505 e. The van der Waals surface area contributed by atoms with E-state index in [1.165, 1.54) is 0 Å². The molecule has 0 unspecified atom stereocenters. The Bertz CT molecular complexity index is 573. The molecule has 0 heterocycles. The van der Waals surface area contributed by atoms with Crippen molar-refractivity contribution in [3.8, 4) is 11.8 Å². The van der Waals surface area contributed by atoms with Crippen LogP contribution >= 0.6 is 11.6 Å². The zero-order valence-corrected chi connectivity index (χ0v) is 9.78. The molecule has 0 bridgehead atoms. The van der Waals surface area contributed by atoms with E-state index >= 15 is 0 Å². The second-order valence-corrected chi connectivity index (χ2v) is 4.16. The molecule has 3 heteroatoms. The minimum atomic E-state index is -0.147. The minimum absolute atomic E-state index is 0.147. The minimum Gasteiger partial charge on any atom is -0.505 e. The van der Waals surface area contributed by atoms with E-state index in [-0.39, 0.29) is 16.3 Å². The summed E-state index contributed by atoms with van der Waals surface area (Å²) < 4.78 is 0. The highest BCUT2D eigenvalue weighted by Gasteiger charge is 2.08. The summed E-state index contributed by atoms with van der Waals surface area (Å²) in [4.78, 5) is 0. The fourth-order valence-corrected chi connectivity index (χ4v) is 1.92. The lowest BCUT2D eigenvalue weighted by Gasteiger charge is -2.05. The molecule has 2 rings (SSSR count).